The Kier molecular flexibility index (Phi) is 5.28. The number of non-ortho nitro benzene ring substituents is 1. The van der Waals surface area contributed by atoms with E-state index in [4.69, 9.17) is 12.2 Å². The summed E-state index contributed by atoms with van der Waals surface area (Å²) in [4.78, 5) is 12.6. The molecule has 1 N–H and O–H groups in total. The fraction of sp³-hybridized carbons (Fsp3) is 0.316. The molecule has 1 saturated carbocycles. The van der Waals surface area contributed by atoms with Gasteiger partial charge < -0.3 is 10.2 Å². The van der Waals surface area contributed by atoms with Crippen LogP contribution in [-0.4, -0.2) is 21.0 Å². The van der Waals surface area contributed by atoms with E-state index < -0.39 is 4.92 Å². The Bertz CT molecular complexity index is 745. The van der Waals surface area contributed by atoms with Gasteiger partial charge in [-0.3, -0.25) is 10.1 Å². The summed E-state index contributed by atoms with van der Waals surface area (Å²) in [6.45, 7) is 2.96. The van der Waals surface area contributed by atoms with Gasteiger partial charge in [0.2, 0.25) is 0 Å². The topological polar surface area (TPSA) is 58.4 Å². The zero-order valence-corrected chi connectivity index (χ0v) is 14.9. The molecule has 5 nitrogen and oxygen atoms in total. The Morgan fingerprint density at radius 3 is 2.44 bits per heavy atom. The van der Waals surface area contributed by atoms with E-state index in [-0.39, 0.29) is 5.69 Å². The first-order chi connectivity index (χ1) is 12.0. The summed E-state index contributed by atoms with van der Waals surface area (Å²) in [6.07, 6.45) is 2.49. The Morgan fingerprint density at radius 2 is 1.88 bits per heavy atom. The standard InChI is InChI=1S/C19H21N3O2S/c1-14(16-7-8-16)21(13-15-5-3-2-4-6-15)19(25)20-17-9-11-18(12-10-17)22(23)24/h2-6,9-12,14,16H,7-8,13H2,1H3,(H,20,25)/t14-/m0/s1. The summed E-state index contributed by atoms with van der Waals surface area (Å²) in [5, 5.41) is 14.6. The number of rotatable bonds is 6. The van der Waals surface area contributed by atoms with Gasteiger partial charge >= 0.3 is 0 Å². The monoisotopic (exact) mass is 355 g/mol. The summed E-state index contributed by atoms with van der Waals surface area (Å²) < 4.78 is 0. The zero-order chi connectivity index (χ0) is 17.8. The van der Waals surface area contributed by atoms with E-state index in [1.165, 1.54) is 30.5 Å². The molecule has 0 saturated heterocycles. The molecule has 130 valence electrons. The van der Waals surface area contributed by atoms with Crippen molar-refractivity contribution in [1.82, 2.24) is 4.90 Å². The van der Waals surface area contributed by atoms with E-state index in [1.54, 1.807) is 12.1 Å². The molecular formula is C19H21N3O2S. The molecule has 3 rings (SSSR count). The van der Waals surface area contributed by atoms with Gasteiger partial charge in [-0.1, -0.05) is 30.3 Å². The lowest BCUT2D eigenvalue weighted by atomic mass is 10.1. The van der Waals surface area contributed by atoms with Crippen LogP contribution in [0.4, 0.5) is 11.4 Å². The second kappa shape index (κ2) is 7.61. The number of nitro groups is 1. The van der Waals surface area contributed by atoms with Crippen molar-refractivity contribution in [2.75, 3.05) is 5.32 Å². The van der Waals surface area contributed by atoms with Crippen LogP contribution < -0.4 is 5.32 Å². The third-order valence-electron chi connectivity index (χ3n) is 4.58. The third kappa shape index (κ3) is 4.54. The van der Waals surface area contributed by atoms with Gasteiger partial charge in [-0.15, -0.1) is 0 Å². The predicted octanol–water partition coefficient (Wildman–Crippen LogP) is 4.59. The Morgan fingerprint density at radius 1 is 1.24 bits per heavy atom. The maximum atomic E-state index is 10.8. The molecule has 0 bridgehead atoms. The van der Waals surface area contributed by atoms with Crippen molar-refractivity contribution in [3.8, 4) is 0 Å². The maximum Gasteiger partial charge on any atom is 0.269 e. The van der Waals surface area contributed by atoms with E-state index in [0.717, 1.165) is 12.2 Å². The normalized spacial score (nSPS) is 14.6. The highest BCUT2D eigenvalue weighted by Gasteiger charge is 2.33. The van der Waals surface area contributed by atoms with Crippen LogP contribution in [-0.2, 0) is 6.54 Å². The first-order valence-corrected chi connectivity index (χ1v) is 8.81. The van der Waals surface area contributed by atoms with Gasteiger partial charge in [0.05, 0.1) is 4.92 Å². The van der Waals surface area contributed by atoms with Crippen LogP contribution in [0.5, 0.6) is 0 Å². The fourth-order valence-corrected chi connectivity index (χ4v) is 3.22. The third-order valence-corrected chi connectivity index (χ3v) is 4.92. The molecule has 1 atom stereocenters. The predicted molar refractivity (Wildman–Crippen MR) is 103 cm³/mol. The summed E-state index contributed by atoms with van der Waals surface area (Å²) in [6, 6.07) is 17.0. The molecule has 0 aliphatic heterocycles. The number of nitrogens with one attached hydrogen (secondary N) is 1. The average Bonchev–Trinajstić information content (AvgIpc) is 3.45. The van der Waals surface area contributed by atoms with Crippen LogP contribution in [0.25, 0.3) is 0 Å². The average molecular weight is 355 g/mol. The highest BCUT2D eigenvalue weighted by atomic mass is 32.1. The Hall–Kier alpha value is -2.47. The molecular weight excluding hydrogens is 334 g/mol. The van der Waals surface area contributed by atoms with Crippen molar-refractivity contribution in [3.05, 3.63) is 70.3 Å². The minimum atomic E-state index is -0.404. The Labute approximate surface area is 152 Å². The maximum absolute atomic E-state index is 10.8. The van der Waals surface area contributed by atoms with Crippen LogP contribution >= 0.6 is 12.2 Å². The van der Waals surface area contributed by atoms with Gasteiger partial charge in [-0.2, -0.15) is 0 Å². The number of benzene rings is 2. The molecule has 2 aromatic carbocycles. The van der Waals surface area contributed by atoms with Gasteiger partial charge in [0.15, 0.2) is 5.11 Å². The van der Waals surface area contributed by atoms with Crippen molar-refractivity contribution in [3.63, 3.8) is 0 Å². The lowest BCUT2D eigenvalue weighted by Crippen LogP contribution is -2.41. The van der Waals surface area contributed by atoms with E-state index >= 15 is 0 Å². The lowest BCUT2D eigenvalue weighted by molar-refractivity contribution is -0.384. The summed E-state index contributed by atoms with van der Waals surface area (Å²) in [7, 11) is 0. The molecule has 0 heterocycles. The number of anilines is 1. The van der Waals surface area contributed by atoms with Gasteiger partial charge in [0, 0.05) is 30.4 Å². The number of nitrogens with zero attached hydrogens (tertiary/aromatic N) is 2. The lowest BCUT2D eigenvalue weighted by Gasteiger charge is -2.32. The molecule has 0 radical (unpaired) electrons. The van der Waals surface area contributed by atoms with Crippen molar-refractivity contribution in [2.45, 2.75) is 32.4 Å². The Balaban J connectivity index is 1.73. The molecule has 1 aliphatic rings. The largest absolute Gasteiger partial charge is 0.342 e. The summed E-state index contributed by atoms with van der Waals surface area (Å²) in [5.41, 5.74) is 2.04. The summed E-state index contributed by atoms with van der Waals surface area (Å²) >= 11 is 5.65. The zero-order valence-electron chi connectivity index (χ0n) is 14.1. The summed E-state index contributed by atoms with van der Waals surface area (Å²) in [5.74, 6) is 0.681. The van der Waals surface area contributed by atoms with E-state index in [1.807, 2.05) is 18.2 Å². The molecule has 0 aromatic heterocycles. The number of hydrogen-bond acceptors (Lipinski definition) is 3. The molecule has 2 aromatic rings. The highest BCUT2D eigenvalue weighted by molar-refractivity contribution is 7.80. The first kappa shape index (κ1) is 17.4. The van der Waals surface area contributed by atoms with E-state index in [0.29, 0.717) is 17.1 Å². The smallest absolute Gasteiger partial charge is 0.269 e. The van der Waals surface area contributed by atoms with Crippen molar-refractivity contribution >= 4 is 28.7 Å². The molecule has 1 fully saturated rings. The number of thiocarbonyl (C=S) groups is 1. The van der Waals surface area contributed by atoms with Crippen LogP contribution in [0.15, 0.2) is 54.6 Å². The first-order valence-electron chi connectivity index (χ1n) is 8.40. The second-order valence-electron chi connectivity index (χ2n) is 6.43. The van der Waals surface area contributed by atoms with E-state index in [2.05, 4.69) is 29.3 Å². The molecule has 0 spiro atoms. The molecule has 1 aliphatic carbocycles. The van der Waals surface area contributed by atoms with Crippen LogP contribution in [0.1, 0.15) is 25.3 Å². The molecule has 0 amide bonds. The highest BCUT2D eigenvalue weighted by Crippen LogP contribution is 2.36. The fourth-order valence-electron chi connectivity index (χ4n) is 2.88. The van der Waals surface area contributed by atoms with Crippen LogP contribution in [0, 0.1) is 16.0 Å². The van der Waals surface area contributed by atoms with Crippen molar-refractivity contribution < 1.29 is 4.92 Å². The van der Waals surface area contributed by atoms with Crippen LogP contribution in [0.2, 0.25) is 0 Å². The van der Waals surface area contributed by atoms with Crippen molar-refractivity contribution in [1.29, 1.82) is 0 Å². The molecule has 0 unspecified atom stereocenters. The van der Waals surface area contributed by atoms with Gasteiger partial charge in [-0.05, 0) is 55.6 Å². The SMILES string of the molecule is C[C@@H](C1CC1)N(Cc1ccccc1)C(=S)Nc1ccc([N+](=O)[O-])cc1. The van der Waals surface area contributed by atoms with Crippen LogP contribution in [0.3, 0.4) is 0 Å². The van der Waals surface area contributed by atoms with Gasteiger partial charge in [0.25, 0.3) is 5.69 Å². The van der Waals surface area contributed by atoms with Gasteiger partial charge in [0.1, 0.15) is 0 Å². The van der Waals surface area contributed by atoms with E-state index in [9.17, 15) is 10.1 Å². The van der Waals surface area contributed by atoms with Gasteiger partial charge in [-0.25, -0.2) is 0 Å². The molecule has 25 heavy (non-hydrogen) atoms. The minimum absolute atomic E-state index is 0.0731. The van der Waals surface area contributed by atoms with Crippen molar-refractivity contribution in [2.24, 2.45) is 5.92 Å². The number of nitro benzene ring substituents is 1. The molecule has 6 heteroatoms. The quantitative estimate of drug-likeness (QED) is 0.466. The number of hydrogen-bond donors (Lipinski definition) is 1. The minimum Gasteiger partial charge on any atom is -0.342 e. The second-order valence-corrected chi connectivity index (χ2v) is 6.81.